The van der Waals surface area contributed by atoms with E-state index in [1.807, 2.05) is 12.1 Å². The van der Waals surface area contributed by atoms with Crippen LogP contribution in [0, 0.1) is 0 Å². The molecule has 0 spiro atoms. The first-order valence-electron chi connectivity index (χ1n) is 5.16. The Labute approximate surface area is 101 Å². The van der Waals surface area contributed by atoms with Gasteiger partial charge in [0.15, 0.2) is 0 Å². The first-order valence-corrected chi connectivity index (χ1v) is 5.54. The summed E-state index contributed by atoms with van der Waals surface area (Å²) in [5.41, 5.74) is 6.15. The van der Waals surface area contributed by atoms with Crippen molar-refractivity contribution < 1.29 is 9.53 Å². The van der Waals surface area contributed by atoms with Gasteiger partial charge in [0.1, 0.15) is 0 Å². The maximum absolute atomic E-state index is 11.4. The van der Waals surface area contributed by atoms with Gasteiger partial charge >= 0.3 is 5.97 Å². The van der Waals surface area contributed by atoms with E-state index in [0.717, 1.165) is 5.56 Å². The fourth-order valence-corrected chi connectivity index (χ4v) is 1.65. The van der Waals surface area contributed by atoms with Crippen molar-refractivity contribution in [1.29, 1.82) is 0 Å². The third-order valence-corrected chi connectivity index (χ3v) is 2.54. The van der Waals surface area contributed by atoms with E-state index in [2.05, 4.69) is 0 Å². The number of hydrogen-bond acceptors (Lipinski definition) is 3. The van der Waals surface area contributed by atoms with Crippen molar-refractivity contribution >= 4 is 17.6 Å². The minimum absolute atomic E-state index is 0.140. The van der Waals surface area contributed by atoms with Crippen molar-refractivity contribution in [3.8, 4) is 0 Å². The Kier molecular flexibility index (Phi) is 4.33. The van der Waals surface area contributed by atoms with Gasteiger partial charge in [-0.25, -0.2) is 0 Å². The predicted octanol–water partition coefficient (Wildman–Crippen LogP) is 2.47. The second kappa shape index (κ2) is 5.32. The highest BCUT2D eigenvalue weighted by Gasteiger charge is 2.25. The minimum Gasteiger partial charge on any atom is -0.466 e. The van der Waals surface area contributed by atoms with Crippen LogP contribution >= 0.6 is 11.6 Å². The van der Waals surface area contributed by atoms with Gasteiger partial charge in [-0.2, -0.15) is 0 Å². The number of benzene rings is 1. The van der Waals surface area contributed by atoms with Gasteiger partial charge in [0.2, 0.25) is 0 Å². The lowest BCUT2D eigenvalue weighted by Gasteiger charge is -2.24. The van der Waals surface area contributed by atoms with Crippen molar-refractivity contribution in [2.45, 2.75) is 25.8 Å². The van der Waals surface area contributed by atoms with Crippen LogP contribution in [0.2, 0.25) is 5.02 Å². The number of ether oxygens (including phenoxy) is 1. The number of rotatable bonds is 4. The summed E-state index contributed by atoms with van der Waals surface area (Å²) in [6.07, 6.45) is 0.140. The standard InChI is InChI=1S/C12H16ClNO2/c1-3-16-11(15)8-12(2,14)9-5-4-6-10(13)7-9/h4-7H,3,8,14H2,1-2H3. The van der Waals surface area contributed by atoms with Crippen molar-refractivity contribution in [3.05, 3.63) is 34.9 Å². The van der Waals surface area contributed by atoms with Gasteiger partial charge in [-0.3, -0.25) is 4.79 Å². The lowest BCUT2D eigenvalue weighted by molar-refractivity contribution is -0.144. The third kappa shape index (κ3) is 3.51. The summed E-state index contributed by atoms with van der Waals surface area (Å²) in [6, 6.07) is 7.20. The number of halogens is 1. The van der Waals surface area contributed by atoms with E-state index < -0.39 is 5.54 Å². The van der Waals surface area contributed by atoms with E-state index in [-0.39, 0.29) is 12.4 Å². The van der Waals surface area contributed by atoms with Gasteiger partial charge in [-0.1, -0.05) is 23.7 Å². The van der Waals surface area contributed by atoms with Crippen LogP contribution in [0.3, 0.4) is 0 Å². The van der Waals surface area contributed by atoms with Crippen molar-refractivity contribution in [2.75, 3.05) is 6.61 Å². The third-order valence-electron chi connectivity index (χ3n) is 2.30. The van der Waals surface area contributed by atoms with Crippen molar-refractivity contribution in [3.63, 3.8) is 0 Å². The largest absolute Gasteiger partial charge is 0.466 e. The van der Waals surface area contributed by atoms with E-state index in [1.54, 1.807) is 26.0 Å². The number of hydrogen-bond donors (Lipinski definition) is 1. The zero-order chi connectivity index (χ0) is 12.2. The molecule has 0 aliphatic heterocycles. The molecule has 0 heterocycles. The normalized spacial score (nSPS) is 14.2. The molecular weight excluding hydrogens is 226 g/mol. The number of nitrogens with two attached hydrogens (primary N) is 1. The lowest BCUT2D eigenvalue weighted by atomic mass is 9.90. The SMILES string of the molecule is CCOC(=O)CC(C)(N)c1cccc(Cl)c1. The highest BCUT2D eigenvalue weighted by atomic mass is 35.5. The van der Waals surface area contributed by atoms with Gasteiger partial charge < -0.3 is 10.5 Å². The molecule has 3 nitrogen and oxygen atoms in total. The molecule has 88 valence electrons. The van der Waals surface area contributed by atoms with E-state index in [1.165, 1.54) is 0 Å². The van der Waals surface area contributed by atoms with Crippen LogP contribution in [-0.2, 0) is 15.1 Å². The highest BCUT2D eigenvalue weighted by molar-refractivity contribution is 6.30. The van der Waals surface area contributed by atoms with E-state index in [9.17, 15) is 4.79 Å². The number of esters is 1. The molecule has 0 saturated carbocycles. The fraction of sp³-hybridized carbons (Fsp3) is 0.417. The molecule has 0 aliphatic carbocycles. The number of carbonyl (C=O) groups is 1. The average Bonchev–Trinajstić information content (AvgIpc) is 2.17. The van der Waals surface area contributed by atoms with Crippen LogP contribution in [0.15, 0.2) is 24.3 Å². The van der Waals surface area contributed by atoms with Gasteiger partial charge in [0, 0.05) is 10.6 Å². The molecule has 4 heteroatoms. The molecule has 1 aromatic rings. The minimum atomic E-state index is -0.753. The maximum atomic E-state index is 11.4. The van der Waals surface area contributed by atoms with Crippen LogP contribution in [0.1, 0.15) is 25.8 Å². The summed E-state index contributed by atoms with van der Waals surface area (Å²) < 4.78 is 4.88. The molecule has 1 atom stereocenters. The van der Waals surface area contributed by atoms with Gasteiger partial charge in [0.25, 0.3) is 0 Å². The van der Waals surface area contributed by atoms with Crippen LogP contribution in [-0.4, -0.2) is 12.6 Å². The van der Waals surface area contributed by atoms with Gasteiger partial charge in [-0.05, 0) is 31.5 Å². The topological polar surface area (TPSA) is 52.3 Å². The summed E-state index contributed by atoms with van der Waals surface area (Å²) in [7, 11) is 0. The zero-order valence-corrected chi connectivity index (χ0v) is 10.3. The molecular formula is C12H16ClNO2. The first kappa shape index (κ1) is 13.0. The Bertz CT molecular complexity index is 377. The molecule has 0 radical (unpaired) electrons. The Hall–Kier alpha value is -1.06. The Morgan fingerprint density at radius 1 is 1.56 bits per heavy atom. The smallest absolute Gasteiger partial charge is 0.307 e. The Balaban J connectivity index is 2.81. The van der Waals surface area contributed by atoms with E-state index in [0.29, 0.717) is 11.6 Å². The summed E-state index contributed by atoms with van der Waals surface area (Å²) in [5.74, 6) is -0.299. The van der Waals surface area contributed by atoms with Crippen LogP contribution < -0.4 is 5.73 Å². The monoisotopic (exact) mass is 241 g/mol. The molecule has 0 aromatic heterocycles. The molecule has 16 heavy (non-hydrogen) atoms. The first-order chi connectivity index (χ1) is 7.45. The summed E-state index contributed by atoms with van der Waals surface area (Å²) in [6.45, 7) is 3.92. The maximum Gasteiger partial charge on any atom is 0.307 e. The molecule has 1 unspecified atom stereocenters. The Morgan fingerprint density at radius 3 is 2.81 bits per heavy atom. The molecule has 0 amide bonds. The molecule has 0 saturated heterocycles. The average molecular weight is 242 g/mol. The highest BCUT2D eigenvalue weighted by Crippen LogP contribution is 2.24. The van der Waals surface area contributed by atoms with Gasteiger partial charge in [0.05, 0.1) is 13.0 Å². The van der Waals surface area contributed by atoms with E-state index >= 15 is 0 Å². The fourth-order valence-electron chi connectivity index (χ4n) is 1.46. The van der Waals surface area contributed by atoms with Gasteiger partial charge in [-0.15, -0.1) is 0 Å². The van der Waals surface area contributed by atoms with Crippen LogP contribution in [0.25, 0.3) is 0 Å². The van der Waals surface area contributed by atoms with Crippen molar-refractivity contribution in [1.82, 2.24) is 0 Å². The molecule has 0 aliphatic rings. The second-order valence-electron chi connectivity index (χ2n) is 3.91. The van der Waals surface area contributed by atoms with Crippen LogP contribution in [0.4, 0.5) is 0 Å². The molecule has 2 N–H and O–H groups in total. The summed E-state index contributed by atoms with van der Waals surface area (Å²) in [4.78, 5) is 11.4. The lowest BCUT2D eigenvalue weighted by Crippen LogP contribution is -2.36. The van der Waals surface area contributed by atoms with Crippen molar-refractivity contribution in [2.24, 2.45) is 5.73 Å². The molecule has 0 fully saturated rings. The molecule has 1 rings (SSSR count). The zero-order valence-electron chi connectivity index (χ0n) is 9.50. The summed E-state index contributed by atoms with van der Waals surface area (Å²) >= 11 is 5.88. The molecule has 0 bridgehead atoms. The molecule has 1 aromatic carbocycles. The predicted molar refractivity (Wildman–Crippen MR) is 64.2 cm³/mol. The second-order valence-corrected chi connectivity index (χ2v) is 4.35. The number of carbonyl (C=O) groups excluding carboxylic acids is 1. The Morgan fingerprint density at radius 2 is 2.25 bits per heavy atom. The van der Waals surface area contributed by atoms with E-state index in [4.69, 9.17) is 22.1 Å². The van der Waals surface area contributed by atoms with Crippen LogP contribution in [0.5, 0.6) is 0 Å². The quantitative estimate of drug-likeness (QED) is 0.824. The summed E-state index contributed by atoms with van der Waals surface area (Å²) in [5, 5.41) is 0.609.